The van der Waals surface area contributed by atoms with Gasteiger partial charge < -0.3 is 5.11 Å². The van der Waals surface area contributed by atoms with Crippen LogP contribution in [0.4, 0.5) is 5.69 Å². The lowest BCUT2D eigenvalue weighted by atomic mass is 10.2. The fourth-order valence-corrected chi connectivity index (χ4v) is 2.40. The maximum Gasteiger partial charge on any atom is 0.139 e. The fourth-order valence-electron chi connectivity index (χ4n) is 1.42. The Hall–Kier alpha value is -1.07. The van der Waals surface area contributed by atoms with Crippen molar-refractivity contribution in [2.75, 3.05) is 0 Å². The van der Waals surface area contributed by atoms with Crippen LogP contribution in [0, 0.1) is 0 Å². The van der Waals surface area contributed by atoms with Gasteiger partial charge in [0.25, 0.3) is 0 Å². The fraction of sp³-hybridized carbons (Fsp3) is 0.0833. The number of hydrogen-bond donors (Lipinski definition) is 1. The zero-order chi connectivity index (χ0) is 14.7. The highest BCUT2D eigenvalue weighted by atomic mass is 35.5. The summed E-state index contributed by atoms with van der Waals surface area (Å²) in [6, 6.07) is 2.99. The van der Waals surface area contributed by atoms with Gasteiger partial charge in [-0.3, -0.25) is 4.98 Å². The molecule has 0 aliphatic carbocycles. The lowest BCUT2D eigenvalue weighted by Crippen LogP contribution is -1.84. The molecule has 0 aliphatic rings. The Morgan fingerprint density at radius 3 is 2.30 bits per heavy atom. The van der Waals surface area contributed by atoms with Crippen LogP contribution in [0.5, 0.6) is 5.75 Å². The maximum absolute atomic E-state index is 9.77. The zero-order valence-corrected chi connectivity index (χ0v) is 12.8. The third-order valence-electron chi connectivity index (χ3n) is 2.35. The van der Waals surface area contributed by atoms with E-state index >= 15 is 0 Å². The minimum Gasteiger partial charge on any atom is -0.506 e. The normalized spacial score (nSPS) is 11.2. The molecule has 4 nitrogen and oxygen atoms in total. The molecule has 1 aromatic heterocycles. The smallest absolute Gasteiger partial charge is 0.139 e. The number of pyridine rings is 1. The summed E-state index contributed by atoms with van der Waals surface area (Å²) >= 11 is 23.5. The topological polar surface area (TPSA) is 57.8 Å². The van der Waals surface area contributed by atoms with Gasteiger partial charge in [0.15, 0.2) is 0 Å². The van der Waals surface area contributed by atoms with Gasteiger partial charge in [0, 0.05) is 23.0 Å². The van der Waals surface area contributed by atoms with Crippen molar-refractivity contribution in [1.82, 2.24) is 4.98 Å². The first kappa shape index (κ1) is 15.3. The van der Waals surface area contributed by atoms with Gasteiger partial charge in [-0.15, -0.1) is 0 Å². The molecule has 0 radical (unpaired) electrons. The average Bonchev–Trinajstić information content (AvgIpc) is 2.38. The van der Waals surface area contributed by atoms with Gasteiger partial charge in [0.1, 0.15) is 11.4 Å². The first-order chi connectivity index (χ1) is 9.49. The van der Waals surface area contributed by atoms with E-state index in [0.717, 1.165) is 0 Å². The summed E-state index contributed by atoms with van der Waals surface area (Å²) < 4.78 is 0. The summed E-state index contributed by atoms with van der Waals surface area (Å²) in [5.74, 6) is -0.0815. The van der Waals surface area contributed by atoms with Gasteiger partial charge in [-0.05, 0) is 12.1 Å². The molecule has 8 heteroatoms. The predicted octanol–water partition coefficient (Wildman–Crippen LogP) is 5.68. The van der Waals surface area contributed by atoms with Crippen LogP contribution < -0.4 is 0 Å². The molecule has 0 saturated carbocycles. The molecule has 0 spiro atoms. The molecule has 1 N–H and O–H groups in total. The molecule has 0 aliphatic heterocycles. The molecule has 1 aromatic carbocycles. The van der Waals surface area contributed by atoms with E-state index in [9.17, 15) is 5.11 Å². The number of phenolic OH excluding ortho intramolecular Hbond substituents is 1. The van der Waals surface area contributed by atoms with E-state index in [0.29, 0.717) is 16.3 Å². The van der Waals surface area contributed by atoms with Crippen molar-refractivity contribution in [3.8, 4) is 5.75 Å². The standard InChI is InChI=1S/C12H7Cl4N3O/c13-7-1-6(12(20)8(14)2-7)3-18-19-11-9(15)4-17-5-10(11)16/h1-2,4-5,20H,3H2. The SMILES string of the molecule is Oc1c(Cl)cc(Cl)cc1CN=Nc1c(Cl)cncc1Cl. The van der Waals surface area contributed by atoms with Crippen molar-refractivity contribution in [2.24, 2.45) is 10.2 Å². The van der Waals surface area contributed by atoms with E-state index in [4.69, 9.17) is 46.4 Å². The van der Waals surface area contributed by atoms with E-state index in [-0.39, 0.29) is 27.4 Å². The molecule has 20 heavy (non-hydrogen) atoms. The summed E-state index contributed by atoms with van der Waals surface area (Å²) in [6.07, 6.45) is 2.82. The van der Waals surface area contributed by atoms with Crippen LogP contribution in [0.15, 0.2) is 34.8 Å². The average molecular weight is 351 g/mol. The Labute approximate surface area is 135 Å². The molecule has 0 saturated heterocycles. The highest BCUT2D eigenvalue weighted by Crippen LogP contribution is 2.34. The van der Waals surface area contributed by atoms with Gasteiger partial charge >= 0.3 is 0 Å². The van der Waals surface area contributed by atoms with Crippen molar-refractivity contribution in [2.45, 2.75) is 6.54 Å². The number of aromatic nitrogens is 1. The second-order valence-corrected chi connectivity index (χ2v) is 5.40. The lowest BCUT2D eigenvalue weighted by molar-refractivity contribution is 0.468. The second-order valence-electron chi connectivity index (χ2n) is 3.75. The zero-order valence-electron chi connectivity index (χ0n) is 9.82. The first-order valence-corrected chi connectivity index (χ1v) is 6.83. The molecule has 0 atom stereocenters. The largest absolute Gasteiger partial charge is 0.506 e. The molecule has 0 fully saturated rings. The van der Waals surface area contributed by atoms with Crippen molar-refractivity contribution >= 4 is 52.1 Å². The van der Waals surface area contributed by atoms with Crippen LogP contribution in [-0.4, -0.2) is 10.1 Å². The Morgan fingerprint density at radius 2 is 1.65 bits per heavy atom. The molecule has 1 heterocycles. The molecular formula is C12H7Cl4N3O. The van der Waals surface area contributed by atoms with E-state index in [1.54, 1.807) is 6.07 Å². The van der Waals surface area contributed by atoms with Crippen LogP contribution in [-0.2, 0) is 6.54 Å². The summed E-state index contributed by atoms with van der Waals surface area (Å²) in [4.78, 5) is 3.81. The number of hydrogen-bond acceptors (Lipinski definition) is 4. The molecule has 2 rings (SSSR count). The van der Waals surface area contributed by atoms with Crippen molar-refractivity contribution in [3.05, 3.63) is 50.2 Å². The minimum absolute atomic E-state index is 0.0815. The van der Waals surface area contributed by atoms with Gasteiger partial charge in [-0.1, -0.05) is 46.4 Å². The molecule has 104 valence electrons. The molecule has 2 aromatic rings. The maximum atomic E-state index is 9.77. The van der Waals surface area contributed by atoms with Crippen LogP contribution in [0.1, 0.15) is 5.56 Å². The van der Waals surface area contributed by atoms with Gasteiger partial charge in [-0.2, -0.15) is 10.2 Å². The minimum atomic E-state index is -0.0815. The Kier molecular flexibility index (Phi) is 5.05. The number of azo groups is 1. The van der Waals surface area contributed by atoms with Crippen molar-refractivity contribution in [1.29, 1.82) is 0 Å². The Bertz CT molecular complexity index is 656. The highest BCUT2D eigenvalue weighted by Gasteiger charge is 2.08. The Balaban J connectivity index is 2.23. The predicted molar refractivity (Wildman–Crippen MR) is 80.6 cm³/mol. The number of rotatable bonds is 3. The van der Waals surface area contributed by atoms with E-state index in [2.05, 4.69) is 15.2 Å². The van der Waals surface area contributed by atoms with Gasteiger partial charge in [-0.25, -0.2) is 0 Å². The number of benzene rings is 1. The van der Waals surface area contributed by atoms with Crippen LogP contribution in [0.25, 0.3) is 0 Å². The highest BCUT2D eigenvalue weighted by molar-refractivity contribution is 6.38. The third-order valence-corrected chi connectivity index (χ3v) is 3.41. The van der Waals surface area contributed by atoms with Crippen LogP contribution in [0.3, 0.4) is 0 Å². The molecule has 0 amide bonds. The van der Waals surface area contributed by atoms with Crippen molar-refractivity contribution < 1.29 is 5.11 Å². The molecule has 0 bridgehead atoms. The molecular weight excluding hydrogens is 344 g/mol. The molecule has 0 unspecified atom stereocenters. The van der Waals surface area contributed by atoms with Gasteiger partial charge in [0.05, 0.1) is 21.6 Å². The summed E-state index contributed by atoms with van der Waals surface area (Å²) in [7, 11) is 0. The number of halogens is 4. The van der Waals surface area contributed by atoms with E-state index in [1.807, 2.05) is 0 Å². The summed E-state index contributed by atoms with van der Waals surface area (Å²) in [5, 5.41) is 18.8. The van der Waals surface area contributed by atoms with E-state index < -0.39 is 0 Å². The number of nitrogens with zero attached hydrogens (tertiary/aromatic N) is 3. The van der Waals surface area contributed by atoms with E-state index in [1.165, 1.54) is 18.5 Å². The lowest BCUT2D eigenvalue weighted by Gasteiger charge is -2.04. The second kappa shape index (κ2) is 6.59. The van der Waals surface area contributed by atoms with Crippen LogP contribution in [0.2, 0.25) is 20.1 Å². The summed E-state index contributed by atoms with van der Waals surface area (Å²) in [6.45, 7) is 0.0844. The summed E-state index contributed by atoms with van der Waals surface area (Å²) in [5.41, 5.74) is 0.767. The first-order valence-electron chi connectivity index (χ1n) is 5.32. The monoisotopic (exact) mass is 349 g/mol. The quantitative estimate of drug-likeness (QED) is 0.723. The van der Waals surface area contributed by atoms with Crippen molar-refractivity contribution in [3.63, 3.8) is 0 Å². The third kappa shape index (κ3) is 3.52. The number of aromatic hydroxyl groups is 1. The number of phenols is 1. The van der Waals surface area contributed by atoms with Gasteiger partial charge in [0.2, 0.25) is 0 Å². The van der Waals surface area contributed by atoms with Crippen LogP contribution >= 0.6 is 46.4 Å². The Morgan fingerprint density at radius 1 is 1.00 bits per heavy atom.